The zero-order chi connectivity index (χ0) is 10.9. The van der Waals surface area contributed by atoms with E-state index in [0.29, 0.717) is 17.6 Å². The predicted molar refractivity (Wildman–Crippen MR) is 61.8 cm³/mol. The first-order valence-corrected chi connectivity index (χ1v) is 6.22. The first-order chi connectivity index (χ1) is 7.12. The van der Waals surface area contributed by atoms with E-state index in [4.69, 9.17) is 10.5 Å². The molecule has 0 amide bonds. The van der Waals surface area contributed by atoms with E-state index in [1.165, 1.54) is 19.4 Å². The Balaban J connectivity index is 2.01. The van der Waals surface area contributed by atoms with E-state index in [2.05, 4.69) is 18.7 Å². The Morgan fingerprint density at radius 3 is 2.60 bits per heavy atom. The van der Waals surface area contributed by atoms with E-state index in [9.17, 15) is 0 Å². The molecule has 2 aliphatic heterocycles. The highest BCUT2D eigenvalue weighted by atomic mass is 16.5. The summed E-state index contributed by atoms with van der Waals surface area (Å²) in [5, 5.41) is 0. The molecule has 0 aromatic heterocycles. The zero-order valence-electron chi connectivity index (χ0n) is 10.0. The normalized spacial score (nSPS) is 37.8. The van der Waals surface area contributed by atoms with Crippen LogP contribution in [0.1, 0.15) is 39.5 Å². The summed E-state index contributed by atoms with van der Waals surface area (Å²) in [6.07, 6.45) is 4.65. The standard InChI is InChI=1S/C12H24N2O/c1-10-9-11(13)3-6-14(10)12(2)4-7-15-8-5-12/h10-11H,3-9,13H2,1-2H3. The Bertz CT molecular complexity index is 214. The lowest BCUT2D eigenvalue weighted by Gasteiger charge is -2.50. The molecule has 3 nitrogen and oxygen atoms in total. The molecule has 0 bridgehead atoms. The van der Waals surface area contributed by atoms with Crippen molar-refractivity contribution in [2.45, 2.75) is 57.2 Å². The molecule has 2 rings (SSSR count). The van der Waals surface area contributed by atoms with Gasteiger partial charge in [0.05, 0.1) is 0 Å². The molecule has 0 aromatic carbocycles. The highest BCUT2D eigenvalue weighted by molar-refractivity contribution is 4.94. The van der Waals surface area contributed by atoms with Crippen LogP contribution in [0, 0.1) is 0 Å². The number of nitrogens with two attached hydrogens (primary N) is 1. The molecule has 2 saturated heterocycles. The molecule has 0 radical (unpaired) electrons. The molecule has 0 saturated carbocycles. The van der Waals surface area contributed by atoms with Gasteiger partial charge in [0.25, 0.3) is 0 Å². The maximum atomic E-state index is 6.01. The molecule has 2 fully saturated rings. The molecule has 0 aromatic rings. The van der Waals surface area contributed by atoms with Crippen molar-refractivity contribution in [2.24, 2.45) is 5.73 Å². The third-order valence-corrected chi connectivity index (χ3v) is 4.18. The van der Waals surface area contributed by atoms with Crippen LogP contribution in [0.5, 0.6) is 0 Å². The van der Waals surface area contributed by atoms with Crippen LogP contribution in [0.15, 0.2) is 0 Å². The highest BCUT2D eigenvalue weighted by Gasteiger charge is 2.38. The Morgan fingerprint density at radius 2 is 2.00 bits per heavy atom. The van der Waals surface area contributed by atoms with E-state index >= 15 is 0 Å². The fraction of sp³-hybridized carbons (Fsp3) is 1.00. The van der Waals surface area contributed by atoms with Gasteiger partial charge in [0.15, 0.2) is 0 Å². The molecular formula is C12H24N2O. The molecule has 2 unspecified atom stereocenters. The molecule has 88 valence electrons. The summed E-state index contributed by atoms with van der Waals surface area (Å²) < 4.78 is 5.46. The lowest BCUT2D eigenvalue weighted by Crippen LogP contribution is -2.58. The number of nitrogens with zero attached hydrogens (tertiary/aromatic N) is 1. The van der Waals surface area contributed by atoms with Crippen molar-refractivity contribution in [1.29, 1.82) is 0 Å². The highest BCUT2D eigenvalue weighted by Crippen LogP contribution is 2.32. The van der Waals surface area contributed by atoms with Gasteiger partial charge in [-0.05, 0) is 39.5 Å². The van der Waals surface area contributed by atoms with Crippen LogP contribution in [-0.2, 0) is 4.74 Å². The van der Waals surface area contributed by atoms with Crippen LogP contribution >= 0.6 is 0 Å². The molecule has 2 atom stereocenters. The van der Waals surface area contributed by atoms with Crippen molar-refractivity contribution in [2.75, 3.05) is 19.8 Å². The van der Waals surface area contributed by atoms with Crippen LogP contribution in [0.2, 0.25) is 0 Å². The first-order valence-electron chi connectivity index (χ1n) is 6.22. The molecule has 2 N–H and O–H groups in total. The number of hydrogen-bond acceptors (Lipinski definition) is 3. The smallest absolute Gasteiger partial charge is 0.0483 e. The van der Waals surface area contributed by atoms with E-state index in [0.717, 1.165) is 26.1 Å². The number of rotatable bonds is 1. The molecule has 2 heterocycles. The van der Waals surface area contributed by atoms with Crippen molar-refractivity contribution in [1.82, 2.24) is 4.90 Å². The molecular weight excluding hydrogens is 188 g/mol. The number of hydrogen-bond donors (Lipinski definition) is 1. The summed E-state index contributed by atoms with van der Waals surface area (Å²) in [5.41, 5.74) is 6.37. The SMILES string of the molecule is CC1CC(N)CCN1C1(C)CCOCC1. The number of ether oxygens (including phenoxy) is 1. The van der Waals surface area contributed by atoms with Gasteiger partial charge in [-0.25, -0.2) is 0 Å². The lowest BCUT2D eigenvalue weighted by molar-refractivity contribution is -0.0483. The van der Waals surface area contributed by atoms with Gasteiger partial charge in [0.2, 0.25) is 0 Å². The Morgan fingerprint density at radius 1 is 1.33 bits per heavy atom. The molecule has 15 heavy (non-hydrogen) atoms. The van der Waals surface area contributed by atoms with Gasteiger partial charge in [-0.15, -0.1) is 0 Å². The van der Waals surface area contributed by atoms with E-state index in [-0.39, 0.29) is 0 Å². The molecule has 3 heteroatoms. The Labute approximate surface area is 93.0 Å². The van der Waals surface area contributed by atoms with Crippen molar-refractivity contribution in [3.8, 4) is 0 Å². The second-order valence-corrected chi connectivity index (χ2v) is 5.44. The van der Waals surface area contributed by atoms with Gasteiger partial charge in [-0.1, -0.05) is 0 Å². The topological polar surface area (TPSA) is 38.5 Å². The molecule has 0 aliphatic carbocycles. The third kappa shape index (κ3) is 2.35. The summed E-state index contributed by atoms with van der Waals surface area (Å²) in [6.45, 7) is 7.72. The van der Waals surface area contributed by atoms with E-state index < -0.39 is 0 Å². The second kappa shape index (κ2) is 4.40. The summed E-state index contributed by atoms with van der Waals surface area (Å²) in [6, 6.07) is 1.05. The van der Waals surface area contributed by atoms with Gasteiger partial charge in [0.1, 0.15) is 0 Å². The maximum absolute atomic E-state index is 6.01. The Hall–Kier alpha value is -0.120. The van der Waals surface area contributed by atoms with Crippen molar-refractivity contribution < 1.29 is 4.74 Å². The third-order valence-electron chi connectivity index (χ3n) is 4.18. The van der Waals surface area contributed by atoms with Crippen molar-refractivity contribution >= 4 is 0 Å². The summed E-state index contributed by atoms with van der Waals surface area (Å²) in [7, 11) is 0. The first kappa shape index (κ1) is 11.4. The fourth-order valence-corrected chi connectivity index (χ4v) is 3.11. The summed E-state index contributed by atoms with van der Waals surface area (Å²) in [5.74, 6) is 0. The predicted octanol–water partition coefficient (Wildman–Crippen LogP) is 1.37. The largest absolute Gasteiger partial charge is 0.381 e. The van der Waals surface area contributed by atoms with Crippen LogP contribution in [-0.4, -0.2) is 42.3 Å². The monoisotopic (exact) mass is 212 g/mol. The van der Waals surface area contributed by atoms with E-state index in [1.54, 1.807) is 0 Å². The Kier molecular flexibility index (Phi) is 3.33. The molecule has 0 spiro atoms. The van der Waals surface area contributed by atoms with Gasteiger partial charge in [-0.3, -0.25) is 4.90 Å². The van der Waals surface area contributed by atoms with Crippen LogP contribution in [0.25, 0.3) is 0 Å². The van der Waals surface area contributed by atoms with E-state index in [1.807, 2.05) is 0 Å². The minimum Gasteiger partial charge on any atom is -0.381 e. The van der Waals surface area contributed by atoms with Crippen LogP contribution < -0.4 is 5.73 Å². The minimum atomic E-state index is 0.359. The van der Waals surface area contributed by atoms with Crippen molar-refractivity contribution in [3.63, 3.8) is 0 Å². The quantitative estimate of drug-likeness (QED) is 0.713. The zero-order valence-corrected chi connectivity index (χ0v) is 10.0. The van der Waals surface area contributed by atoms with Gasteiger partial charge >= 0.3 is 0 Å². The number of likely N-dealkylation sites (tertiary alicyclic amines) is 1. The van der Waals surface area contributed by atoms with Gasteiger partial charge < -0.3 is 10.5 Å². The average molecular weight is 212 g/mol. The van der Waals surface area contributed by atoms with Gasteiger partial charge in [-0.2, -0.15) is 0 Å². The fourth-order valence-electron chi connectivity index (χ4n) is 3.11. The molecule has 2 aliphatic rings. The van der Waals surface area contributed by atoms with Crippen LogP contribution in [0.3, 0.4) is 0 Å². The lowest BCUT2D eigenvalue weighted by atomic mass is 9.85. The average Bonchev–Trinajstić information content (AvgIpc) is 2.18. The number of piperidine rings is 1. The maximum Gasteiger partial charge on any atom is 0.0483 e. The summed E-state index contributed by atoms with van der Waals surface area (Å²) >= 11 is 0. The second-order valence-electron chi connectivity index (χ2n) is 5.44. The minimum absolute atomic E-state index is 0.359. The van der Waals surface area contributed by atoms with Crippen molar-refractivity contribution in [3.05, 3.63) is 0 Å². The van der Waals surface area contributed by atoms with Gasteiger partial charge in [0, 0.05) is 37.4 Å². The van der Waals surface area contributed by atoms with Crippen LogP contribution in [0.4, 0.5) is 0 Å². The summed E-state index contributed by atoms with van der Waals surface area (Å²) in [4.78, 5) is 2.67.